The highest BCUT2D eigenvalue weighted by Gasteiger charge is 2.36. The molecule has 0 radical (unpaired) electrons. The SMILES string of the molecule is CCCC[C@H]1CN(c2cccc(-c3ccccc3)c2)C(=O)CN1C(=O)c1cc(N)n[nH]1. The van der Waals surface area contributed by atoms with E-state index < -0.39 is 0 Å². The zero-order valence-electron chi connectivity index (χ0n) is 17.6. The highest BCUT2D eigenvalue weighted by Crippen LogP contribution is 2.28. The molecule has 0 unspecified atom stereocenters. The number of benzene rings is 2. The maximum atomic E-state index is 13.1. The van der Waals surface area contributed by atoms with E-state index in [0.717, 1.165) is 36.1 Å². The minimum atomic E-state index is -0.240. The number of carbonyl (C=O) groups is 2. The number of hydrogen-bond donors (Lipinski definition) is 2. The largest absolute Gasteiger partial charge is 0.382 e. The number of carbonyl (C=O) groups excluding carboxylic acids is 2. The molecule has 2 amide bonds. The number of hydrogen-bond acceptors (Lipinski definition) is 4. The maximum absolute atomic E-state index is 13.1. The molecule has 1 fully saturated rings. The molecular weight excluding hydrogens is 390 g/mol. The van der Waals surface area contributed by atoms with Crippen molar-refractivity contribution in [2.75, 3.05) is 23.7 Å². The number of nitrogens with two attached hydrogens (primary N) is 1. The molecule has 0 saturated carbocycles. The van der Waals surface area contributed by atoms with Crippen LogP contribution in [-0.4, -0.2) is 46.0 Å². The second-order valence-electron chi connectivity index (χ2n) is 7.86. The summed E-state index contributed by atoms with van der Waals surface area (Å²) in [6, 6.07) is 19.5. The number of H-pyrrole nitrogens is 1. The molecule has 0 aliphatic carbocycles. The van der Waals surface area contributed by atoms with Crippen molar-refractivity contribution in [3.63, 3.8) is 0 Å². The molecule has 1 aliphatic rings. The molecule has 7 heteroatoms. The molecule has 0 spiro atoms. The van der Waals surface area contributed by atoms with Crippen molar-refractivity contribution in [1.29, 1.82) is 0 Å². The van der Waals surface area contributed by atoms with Gasteiger partial charge in [0.05, 0.1) is 6.04 Å². The van der Waals surface area contributed by atoms with E-state index >= 15 is 0 Å². The summed E-state index contributed by atoms with van der Waals surface area (Å²) in [5.74, 6) is -0.0775. The van der Waals surface area contributed by atoms with Crippen molar-refractivity contribution in [3.8, 4) is 11.1 Å². The molecule has 1 aliphatic heterocycles. The number of unbranched alkanes of at least 4 members (excludes halogenated alkanes) is 1. The van der Waals surface area contributed by atoms with Gasteiger partial charge in [0.15, 0.2) is 0 Å². The van der Waals surface area contributed by atoms with E-state index in [0.29, 0.717) is 12.2 Å². The number of rotatable bonds is 6. The summed E-state index contributed by atoms with van der Waals surface area (Å²) >= 11 is 0. The van der Waals surface area contributed by atoms with Crippen molar-refractivity contribution in [2.45, 2.75) is 32.2 Å². The summed E-state index contributed by atoms with van der Waals surface area (Å²) in [6.45, 7) is 2.62. The van der Waals surface area contributed by atoms with E-state index in [2.05, 4.69) is 29.3 Å². The number of amides is 2. The average molecular weight is 418 g/mol. The molecule has 2 aromatic carbocycles. The normalized spacial score (nSPS) is 16.5. The number of aromatic nitrogens is 2. The second-order valence-corrected chi connectivity index (χ2v) is 7.86. The Morgan fingerprint density at radius 3 is 2.61 bits per heavy atom. The molecule has 3 N–H and O–H groups in total. The Morgan fingerprint density at radius 2 is 1.90 bits per heavy atom. The van der Waals surface area contributed by atoms with Gasteiger partial charge in [-0.2, -0.15) is 5.10 Å². The molecule has 7 nitrogen and oxygen atoms in total. The molecule has 1 aromatic heterocycles. The molecule has 1 atom stereocenters. The fraction of sp³-hybridized carbons (Fsp3) is 0.292. The second kappa shape index (κ2) is 9.04. The van der Waals surface area contributed by atoms with Crippen LogP contribution >= 0.6 is 0 Å². The lowest BCUT2D eigenvalue weighted by Gasteiger charge is -2.41. The summed E-state index contributed by atoms with van der Waals surface area (Å²) in [5.41, 5.74) is 8.98. The lowest BCUT2D eigenvalue weighted by molar-refractivity contribution is -0.121. The lowest BCUT2D eigenvalue weighted by atomic mass is 10.0. The van der Waals surface area contributed by atoms with Crippen LogP contribution in [0.3, 0.4) is 0 Å². The molecule has 31 heavy (non-hydrogen) atoms. The van der Waals surface area contributed by atoms with Crippen molar-refractivity contribution in [1.82, 2.24) is 15.1 Å². The third-order valence-electron chi connectivity index (χ3n) is 5.69. The van der Waals surface area contributed by atoms with Crippen LogP contribution in [0.2, 0.25) is 0 Å². The molecular formula is C24H27N5O2. The van der Waals surface area contributed by atoms with Gasteiger partial charge in [-0.1, -0.05) is 62.2 Å². The van der Waals surface area contributed by atoms with Gasteiger partial charge in [-0.3, -0.25) is 14.7 Å². The lowest BCUT2D eigenvalue weighted by Crippen LogP contribution is -2.58. The standard InChI is InChI=1S/C24H27N5O2/c1-2-3-11-20-15-28(19-12-7-10-18(13-19)17-8-5-4-6-9-17)23(30)16-29(20)24(31)21-14-22(25)27-26-21/h4-10,12-14,20H,2-3,11,15-16H2,1H3,(H3,25,26,27)/t20-/m0/s1. The molecule has 3 aromatic rings. The third-order valence-corrected chi connectivity index (χ3v) is 5.69. The van der Waals surface area contributed by atoms with Crippen LogP contribution in [-0.2, 0) is 4.79 Å². The van der Waals surface area contributed by atoms with Crippen LogP contribution in [0.15, 0.2) is 60.7 Å². The minimum Gasteiger partial charge on any atom is -0.382 e. The number of nitrogens with one attached hydrogen (secondary N) is 1. The van der Waals surface area contributed by atoms with Crippen molar-refractivity contribution >= 4 is 23.3 Å². The zero-order valence-corrected chi connectivity index (χ0v) is 17.6. The summed E-state index contributed by atoms with van der Waals surface area (Å²) in [6.07, 6.45) is 2.83. The topological polar surface area (TPSA) is 95.3 Å². The van der Waals surface area contributed by atoms with E-state index in [9.17, 15) is 9.59 Å². The highest BCUT2D eigenvalue weighted by molar-refractivity contribution is 6.01. The van der Waals surface area contributed by atoms with Gasteiger partial charge in [0.25, 0.3) is 5.91 Å². The first-order valence-electron chi connectivity index (χ1n) is 10.6. The first kappa shape index (κ1) is 20.7. The third kappa shape index (κ3) is 4.45. The van der Waals surface area contributed by atoms with Gasteiger partial charge in [0.1, 0.15) is 18.1 Å². The molecule has 2 heterocycles. The van der Waals surface area contributed by atoms with Gasteiger partial charge in [0.2, 0.25) is 5.91 Å². The van der Waals surface area contributed by atoms with Crippen LogP contribution in [0.25, 0.3) is 11.1 Å². The van der Waals surface area contributed by atoms with Crippen molar-refractivity contribution in [2.24, 2.45) is 0 Å². The van der Waals surface area contributed by atoms with Crippen LogP contribution in [0, 0.1) is 0 Å². The number of aromatic amines is 1. The van der Waals surface area contributed by atoms with Crippen LogP contribution in [0.1, 0.15) is 36.7 Å². The Balaban J connectivity index is 1.60. The van der Waals surface area contributed by atoms with Crippen molar-refractivity contribution < 1.29 is 9.59 Å². The highest BCUT2D eigenvalue weighted by atomic mass is 16.2. The number of anilines is 2. The summed E-state index contributed by atoms with van der Waals surface area (Å²) in [7, 11) is 0. The van der Waals surface area contributed by atoms with E-state index in [1.54, 1.807) is 9.80 Å². The van der Waals surface area contributed by atoms with Gasteiger partial charge >= 0.3 is 0 Å². The average Bonchev–Trinajstić information content (AvgIpc) is 3.24. The minimum absolute atomic E-state index is 0.0295. The van der Waals surface area contributed by atoms with Gasteiger partial charge in [-0.25, -0.2) is 0 Å². The van der Waals surface area contributed by atoms with Crippen LogP contribution in [0.5, 0.6) is 0 Å². The first-order valence-corrected chi connectivity index (χ1v) is 10.6. The summed E-state index contributed by atoms with van der Waals surface area (Å²) in [4.78, 5) is 29.6. The number of nitrogens with zero attached hydrogens (tertiary/aromatic N) is 3. The van der Waals surface area contributed by atoms with E-state index in [1.807, 2.05) is 42.5 Å². The quantitative estimate of drug-likeness (QED) is 0.639. The molecule has 1 saturated heterocycles. The van der Waals surface area contributed by atoms with Gasteiger partial charge in [-0.15, -0.1) is 0 Å². The first-order chi connectivity index (χ1) is 15.1. The van der Waals surface area contributed by atoms with E-state index in [-0.39, 0.29) is 30.2 Å². The monoisotopic (exact) mass is 417 g/mol. The fourth-order valence-corrected chi connectivity index (χ4v) is 4.03. The number of nitrogen functional groups attached to an aromatic ring is 1. The van der Waals surface area contributed by atoms with Gasteiger partial charge in [0, 0.05) is 18.3 Å². The zero-order chi connectivity index (χ0) is 21.8. The van der Waals surface area contributed by atoms with Crippen LogP contribution in [0.4, 0.5) is 11.5 Å². The Labute approximate surface area is 181 Å². The Morgan fingerprint density at radius 1 is 1.13 bits per heavy atom. The Bertz CT molecular complexity index is 1060. The predicted molar refractivity (Wildman–Crippen MR) is 122 cm³/mol. The van der Waals surface area contributed by atoms with Crippen molar-refractivity contribution in [3.05, 3.63) is 66.4 Å². The van der Waals surface area contributed by atoms with E-state index in [1.165, 1.54) is 6.07 Å². The molecule has 4 rings (SSSR count). The Hall–Kier alpha value is -3.61. The smallest absolute Gasteiger partial charge is 0.272 e. The van der Waals surface area contributed by atoms with Crippen LogP contribution < -0.4 is 10.6 Å². The maximum Gasteiger partial charge on any atom is 0.272 e. The Kier molecular flexibility index (Phi) is 6.02. The predicted octanol–water partition coefficient (Wildman–Crippen LogP) is 3.71. The van der Waals surface area contributed by atoms with Gasteiger partial charge in [-0.05, 0) is 29.7 Å². The summed E-state index contributed by atoms with van der Waals surface area (Å²) < 4.78 is 0. The molecule has 0 bridgehead atoms. The molecule has 160 valence electrons. The fourth-order valence-electron chi connectivity index (χ4n) is 4.03. The number of piperazine rings is 1. The van der Waals surface area contributed by atoms with Gasteiger partial charge < -0.3 is 15.5 Å². The van der Waals surface area contributed by atoms with E-state index in [4.69, 9.17) is 5.73 Å². The summed E-state index contributed by atoms with van der Waals surface area (Å²) in [5, 5.41) is 6.52.